The van der Waals surface area contributed by atoms with Crippen LogP contribution in [0.5, 0.6) is 17.2 Å². The summed E-state index contributed by atoms with van der Waals surface area (Å²) in [5, 5.41) is 12.2. The summed E-state index contributed by atoms with van der Waals surface area (Å²) >= 11 is 0. The van der Waals surface area contributed by atoms with Crippen molar-refractivity contribution in [2.24, 2.45) is 0 Å². The second-order valence-electron chi connectivity index (χ2n) is 7.60. The Labute approximate surface area is 192 Å². The Morgan fingerprint density at radius 3 is 2.21 bits per heavy atom. The first kappa shape index (κ1) is 22.5. The third-order valence-electron chi connectivity index (χ3n) is 5.55. The molecule has 33 heavy (non-hydrogen) atoms. The molecule has 0 N–H and O–H groups in total. The van der Waals surface area contributed by atoms with Gasteiger partial charge in [0, 0.05) is 37.8 Å². The van der Waals surface area contributed by atoms with Crippen molar-refractivity contribution in [1.29, 1.82) is 0 Å². The minimum atomic E-state index is -0.0360. The van der Waals surface area contributed by atoms with Gasteiger partial charge >= 0.3 is 0 Å². The average molecular weight is 453 g/mol. The van der Waals surface area contributed by atoms with Crippen LogP contribution in [0.2, 0.25) is 0 Å². The van der Waals surface area contributed by atoms with Gasteiger partial charge in [0.25, 0.3) is 5.91 Å². The van der Waals surface area contributed by atoms with Gasteiger partial charge in [0.2, 0.25) is 0 Å². The van der Waals surface area contributed by atoms with Gasteiger partial charge in [-0.2, -0.15) is 4.68 Å². The van der Waals surface area contributed by atoms with Gasteiger partial charge in [0.15, 0.2) is 5.82 Å². The maximum absolute atomic E-state index is 13.0. The van der Waals surface area contributed by atoms with Gasteiger partial charge in [-0.1, -0.05) is 0 Å². The molecule has 1 saturated heterocycles. The molecular weight excluding hydrogens is 424 g/mol. The number of piperazine rings is 1. The summed E-state index contributed by atoms with van der Waals surface area (Å²) in [4.78, 5) is 17.1. The number of carbonyl (C=O) groups is 1. The molecule has 0 atom stereocenters. The van der Waals surface area contributed by atoms with Crippen LogP contribution < -0.4 is 14.2 Å². The lowest BCUT2D eigenvalue weighted by Crippen LogP contribution is -2.48. The van der Waals surface area contributed by atoms with E-state index in [0.29, 0.717) is 43.3 Å². The molecule has 1 aliphatic heterocycles. The fraction of sp³-hybridized carbons (Fsp3) is 0.391. The number of ether oxygens (including phenoxy) is 3. The second-order valence-corrected chi connectivity index (χ2v) is 7.60. The topological polar surface area (TPSA) is 94.8 Å². The van der Waals surface area contributed by atoms with Crippen molar-refractivity contribution < 1.29 is 19.0 Å². The first-order valence-corrected chi connectivity index (χ1v) is 10.9. The molecule has 0 aliphatic carbocycles. The van der Waals surface area contributed by atoms with Crippen LogP contribution in [0.3, 0.4) is 0 Å². The van der Waals surface area contributed by atoms with Crippen LogP contribution >= 0.6 is 0 Å². The van der Waals surface area contributed by atoms with E-state index in [0.717, 1.165) is 30.4 Å². The molecule has 1 amide bonds. The van der Waals surface area contributed by atoms with Crippen molar-refractivity contribution in [3.8, 4) is 22.9 Å². The molecule has 0 unspecified atom stereocenters. The van der Waals surface area contributed by atoms with Gasteiger partial charge in [-0.05, 0) is 53.7 Å². The molecule has 2 heterocycles. The van der Waals surface area contributed by atoms with Gasteiger partial charge in [-0.3, -0.25) is 9.69 Å². The lowest BCUT2D eigenvalue weighted by molar-refractivity contribution is 0.0623. The number of aromatic nitrogens is 4. The van der Waals surface area contributed by atoms with E-state index in [1.807, 2.05) is 36.1 Å². The van der Waals surface area contributed by atoms with E-state index in [1.165, 1.54) is 0 Å². The van der Waals surface area contributed by atoms with Gasteiger partial charge in [-0.15, -0.1) is 5.10 Å². The SMILES string of the molecule is CCOc1ccc(-n2nnnc2CN2CCN(C(=O)c3cc(OC)cc(OC)c3)CC2)cc1. The second kappa shape index (κ2) is 10.3. The van der Waals surface area contributed by atoms with Crippen LogP contribution in [-0.4, -0.2) is 82.9 Å². The molecule has 4 rings (SSSR count). The molecule has 1 aromatic heterocycles. The monoisotopic (exact) mass is 452 g/mol. The summed E-state index contributed by atoms with van der Waals surface area (Å²) in [5.74, 6) is 2.71. The molecule has 0 bridgehead atoms. The molecule has 0 saturated carbocycles. The average Bonchev–Trinajstić information content (AvgIpc) is 3.32. The number of hydrogen-bond donors (Lipinski definition) is 0. The predicted octanol–water partition coefficient (Wildman–Crippen LogP) is 2.04. The predicted molar refractivity (Wildman–Crippen MR) is 121 cm³/mol. The summed E-state index contributed by atoms with van der Waals surface area (Å²) in [5.41, 5.74) is 1.43. The summed E-state index contributed by atoms with van der Waals surface area (Å²) < 4.78 is 17.8. The van der Waals surface area contributed by atoms with Crippen molar-refractivity contribution in [3.63, 3.8) is 0 Å². The minimum Gasteiger partial charge on any atom is -0.497 e. The number of rotatable bonds is 8. The number of tetrazole rings is 1. The zero-order valence-corrected chi connectivity index (χ0v) is 19.1. The maximum Gasteiger partial charge on any atom is 0.254 e. The number of benzene rings is 2. The Bertz CT molecular complexity index is 1050. The highest BCUT2D eigenvalue weighted by molar-refractivity contribution is 5.95. The Morgan fingerprint density at radius 1 is 0.939 bits per heavy atom. The molecule has 3 aromatic rings. The molecule has 0 spiro atoms. The van der Waals surface area contributed by atoms with Crippen LogP contribution in [0.25, 0.3) is 5.69 Å². The van der Waals surface area contributed by atoms with Crippen molar-refractivity contribution in [2.75, 3.05) is 47.0 Å². The highest BCUT2D eigenvalue weighted by atomic mass is 16.5. The maximum atomic E-state index is 13.0. The fourth-order valence-corrected chi connectivity index (χ4v) is 3.78. The zero-order chi connectivity index (χ0) is 23.2. The molecule has 0 radical (unpaired) electrons. The van der Waals surface area contributed by atoms with Crippen molar-refractivity contribution in [3.05, 3.63) is 53.9 Å². The Hall–Kier alpha value is -3.66. The fourth-order valence-electron chi connectivity index (χ4n) is 3.78. The Morgan fingerprint density at radius 2 is 1.61 bits per heavy atom. The largest absolute Gasteiger partial charge is 0.497 e. The third kappa shape index (κ3) is 5.23. The van der Waals surface area contributed by atoms with Crippen LogP contribution in [0, 0.1) is 0 Å². The summed E-state index contributed by atoms with van der Waals surface area (Å²) in [6.45, 7) is 5.84. The first-order chi connectivity index (χ1) is 16.1. The smallest absolute Gasteiger partial charge is 0.254 e. The molecule has 10 nitrogen and oxygen atoms in total. The molecule has 2 aromatic carbocycles. The van der Waals surface area contributed by atoms with Crippen LogP contribution in [0.4, 0.5) is 0 Å². The molecule has 174 valence electrons. The molecular formula is C23H28N6O4. The number of nitrogens with zero attached hydrogens (tertiary/aromatic N) is 6. The highest BCUT2D eigenvalue weighted by Crippen LogP contribution is 2.24. The van der Waals surface area contributed by atoms with Crippen LogP contribution in [-0.2, 0) is 6.54 Å². The number of hydrogen-bond acceptors (Lipinski definition) is 8. The van der Waals surface area contributed by atoms with E-state index in [-0.39, 0.29) is 5.91 Å². The highest BCUT2D eigenvalue weighted by Gasteiger charge is 2.24. The summed E-state index contributed by atoms with van der Waals surface area (Å²) in [6.07, 6.45) is 0. The van der Waals surface area contributed by atoms with E-state index >= 15 is 0 Å². The van der Waals surface area contributed by atoms with Crippen LogP contribution in [0.15, 0.2) is 42.5 Å². The number of carbonyl (C=O) groups excluding carboxylic acids is 1. The minimum absolute atomic E-state index is 0.0360. The summed E-state index contributed by atoms with van der Waals surface area (Å²) in [6, 6.07) is 12.9. The van der Waals surface area contributed by atoms with Gasteiger partial charge < -0.3 is 19.1 Å². The van der Waals surface area contributed by atoms with E-state index in [1.54, 1.807) is 37.1 Å². The van der Waals surface area contributed by atoms with Crippen molar-refractivity contribution in [1.82, 2.24) is 30.0 Å². The Balaban J connectivity index is 1.38. The van der Waals surface area contributed by atoms with E-state index in [4.69, 9.17) is 14.2 Å². The quantitative estimate of drug-likeness (QED) is 0.513. The third-order valence-corrected chi connectivity index (χ3v) is 5.55. The van der Waals surface area contributed by atoms with Gasteiger partial charge in [0.1, 0.15) is 17.2 Å². The molecule has 1 aliphatic rings. The van der Waals surface area contributed by atoms with Crippen LogP contribution in [0.1, 0.15) is 23.1 Å². The first-order valence-electron chi connectivity index (χ1n) is 10.9. The molecule has 1 fully saturated rings. The van der Waals surface area contributed by atoms with Gasteiger partial charge in [-0.25, -0.2) is 0 Å². The van der Waals surface area contributed by atoms with Gasteiger partial charge in [0.05, 0.1) is 33.1 Å². The number of amides is 1. The number of methoxy groups -OCH3 is 2. The summed E-state index contributed by atoms with van der Waals surface area (Å²) in [7, 11) is 3.14. The van der Waals surface area contributed by atoms with E-state index in [9.17, 15) is 4.79 Å². The van der Waals surface area contributed by atoms with E-state index < -0.39 is 0 Å². The Kier molecular flexibility index (Phi) is 7.04. The van der Waals surface area contributed by atoms with Crippen molar-refractivity contribution in [2.45, 2.75) is 13.5 Å². The standard InChI is InChI=1S/C23H28N6O4/c1-4-33-19-7-5-18(6-8-19)29-22(24-25-26-29)16-27-9-11-28(12-10-27)23(30)17-13-20(31-2)15-21(14-17)32-3/h5-8,13-15H,4,9-12,16H2,1-3H3. The zero-order valence-electron chi connectivity index (χ0n) is 19.1. The van der Waals surface area contributed by atoms with E-state index in [2.05, 4.69) is 20.4 Å². The lowest BCUT2D eigenvalue weighted by Gasteiger charge is -2.34. The molecule has 10 heteroatoms. The normalized spacial score (nSPS) is 14.2. The lowest BCUT2D eigenvalue weighted by atomic mass is 10.1. The van der Waals surface area contributed by atoms with Crippen molar-refractivity contribution >= 4 is 5.91 Å².